The van der Waals surface area contributed by atoms with Gasteiger partial charge in [-0.1, -0.05) is 0 Å². The third-order valence-corrected chi connectivity index (χ3v) is 21.7. The average Bonchev–Trinajstić information content (AvgIpc) is 0.763. The molecule has 9 aliphatic rings. The summed E-state index contributed by atoms with van der Waals surface area (Å²) in [6, 6.07) is -9.31. The normalized spacial score (nSPS) is 46.6. The van der Waals surface area contributed by atoms with Crippen molar-refractivity contribution in [1.82, 2.24) is 26.6 Å². The molecule has 9 heterocycles. The lowest BCUT2D eigenvalue weighted by molar-refractivity contribution is -0.404. The van der Waals surface area contributed by atoms with Crippen LogP contribution in [0.1, 0.15) is 41.0 Å². The average molecular weight is 1770 g/mol. The number of nitrogens with one attached hydrogen (secondary N) is 5. The minimum Gasteiger partial charge on any atom is -0.477 e. The Kier molecular flexibility index (Phi) is 35.7. The summed E-state index contributed by atoms with van der Waals surface area (Å²) in [4.78, 5) is 76.4. The van der Waals surface area contributed by atoms with Gasteiger partial charge < -0.3 is 240 Å². The molecule has 9 aliphatic heterocycles. The Hall–Kier alpha value is -4.86. The van der Waals surface area contributed by atoms with E-state index in [2.05, 4.69) is 26.6 Å². The van der Waals surface area contributed by atoms with Crippen LogP contribution in [0.2, 0.25) is 0 Å². The highest BCUT2D eigenvalue weighted by atomic mass is 16.8. The van der Waals surface area contributed by atoms with Crippen LogP contribution in [0.15, 0.2) is 0 Å². The Morgan fingerprint density at radius 2 is 0.678 bits per heavy atom. The minimum absolute atomic E-state index is 0.795. The van der Waals surface area contributed by atoms with Crippen LogP contribution >= 0.6 is 0 Å². The molecule has 0 unspecified atom stereocenters. The number of aliphatic hydroxyl groups excluding tert-OH is 25. The van der Waals surface area contributed by atoms with Gasteiger partial charge in [-0.05, 0) is 0 Å². The van der Waals surface area contributed by atoms with Gasteiger partial charge in [-0.15, -0.1) is 0 Å². The monoisotopic (exact) mass is 1770 g/mol. The standard InChI is InChI=1S/C67H111N5O49/c1-16(80)68-31-21(85)6-67(66(103)104,121-55(31)36(87)22(86)7-73)106-15-30-39(90)46(97)48(99)63(114-30)117-52-26(11-77)111-61(35(44(52)95)72-20(5)84)120-57-49(100)54(116-59-33(70-18(3)82)41(92)37(88)23(8-74)108-59)28(13-79)112-65(57)119-56-40(91)29(14-105-62-47(98)45(96)38(89)24(9-75)109-62)113-64(50(56)101)118-53-27(12-78)110-60(34(43(53)94)71-19(4)83)115-51-25(10-76)107-58(102)32(42(51)93)69-17(2)81/h21-65,73-79,85-102H,6-15H2,1-5H3,(H,68,80)(H,69,81)(H,70,82)(H,71,83)(H,72,84)(H,103,104)/t21-,22+,23+,24+,25+,26+,27+,28+,29+,30+,31+,32+,33+,34+,35+,36+,37+,38+,39-,40+,41+,42+,43+,44+,45-,46-,47-,48+,49-,50-,51+,52+,53+,54+,55+,56-,57-,58+,59-,60-,61-,62-,63-,64-,65+,67+/m0/s1. The number of hydrogen-bond donors (Lipinski definition) is 31. The fourth-order valence-corrected chi connectivity index (χ4v) is 15.5. The molecular formula is C67H111N5O49. The number of carbonyl (C=O) groups is 6. The van der Waals surface area contributed by atoms with Crippen molar-refractivity contribution >= 4 is 35.5 Å². The molecule has 9 fully saturated rings. The van der Waals surface area contributed by atoms with Crippen molar-refractivity contribution in [3.63, 3.8) is 0 Å². The van der Waals surface area contributed by atoms with E-state index in [-0.39, 0.29) is 0 Å². The van der Waals surface area contributed by atoms with Crippen LogP contribution in [0, 0.1) is 0 Å². The number of carbonyl (C=O) groups excluding carboxylic acids is 5. The third kappa shape index (κ3) is 22.5. The summed E-state index contributed by atoms with van der Waals surface area (Å²) >= 11 is 0. The molecule has 0 spiro atoms. The van der Waals surface area contributed by atoms with E-state index in [0.717, 1.165) is 34.6 Å². The lowest BCUT2D eigenvalue weighted by atomic mass is 9.88. The van der Waals surface area contributed by atoms with Crippen molar-refractivity contribution < 1.29 is 242 Å². The highest BCUT2D eigenvalue weighted by Crippen LogP contribution is 2.41. The molecule has 0 bridgehead atoms. The van der Waals surface area contributed by atoms with E-state index in [0.29, 0.717) is 0 Å². The van der Waals surface area contributed by atoms with Gasteiger partial charge in [0, 0.05) is 41.0 Å². The Morgan fingerprint density at radius 3 is 1.13 bits per heavy atom. The molecule has 46 atom stereocenters. The number of aliphatic carboxylic acids is 1. The number of hydrogen-bond acceptors (Lipinski definition) is 48. The highest BCUT2D eigenvalue weighted by Gasteiger charge is 2.63. The molecule has 54 nitrogen and oxygen atoms in total. The molecule has 0 aliphatic carbocycles. The second-order valence-electron chi connectivity index (χ2n) is 30.4. The molecule has 0 saturated carbocycles. The molecule has 0 aromatic rings. The smallest absolute Gasteiger partial charge is 0.364 e. The molecule has 31 N–H and O–H groups in total. The van der Waals surface area contributed by atoms with Gasteiger partial charge in [0.15, 0.2) is 50.3 Å². The third-order valence-electron chi connectivity index (χ3n) is 21.7. The zero-order valence-electron chi connectivity index (χ0n) is 65.1. The van der Waals surface area contributed by atoms with Crippen LogP contribution in [0.5, 0.6) is 0 Å². The Labute approximate surface area is 684 Å². The summed E-state index contributed by atoms with van der Waals surface area (Å²) in [7, 11) is 0. The summed E-state index contributed by atoms with van der Waals surface area (Å²) in [5, 5.41) is 302. The van der Waals surface area contributed by atoms with Crippen molar-refractivity contribution in [2.24, 2.45) is 0 Å². The minimum atomic E-state index is -3.11. The summed E-state index contributed by atoms with van der Waals surface area (Å²) in [5.41, 5.74) is 0. The second-order valence-corrected chi connectivity index (χ2v) is 30.4. The maximum atomic E-state index is 13.4. The molecule has 5 amide bonds. The fraction of sp³-hybridized carbons (Fsp3) is 0.910. The second kappa shape index (κ2) is 43.3. The van der Waals surface area contributed by atoms with Crippen LogP contribution in [-0.2, 0) is 109 Å². The molecule has 54 heteroatoms. The van der Waals surface area contributed by atoms with Gasteiger partial charge in [0.25, 0.3) is 5.79 Å². The quantitative estimate of drug-likeness (QED) is 0.0290. The van der Waals surface area contributed by atoms with E-state index in [1.165, 1.54) is 0 Å². The number of carboxylic acid groups (broad SMARTS) is 1. The number of ether oxygens (including phenoxy) is 17. The largest absolute Gasteiger partial charge is 0.477 e. The number of amides is 5. The van der Waals surface area contributed by atoms with Crippen LogP contribution in [0.3, 0.4) is 0 Å². The van der Waals surface area contributed by atoms with E-state index in [1.54, 1.807) is 0 Å². The van der Waals surface area contributed by atoms with Gasteiger partial charge in [-0.2, -0.15) is 0 Å². The Bertz CT molecular complexity index is 3340. The van der Waals surface area contributed by atoms with E-state index < -0.39 is 383 Å². The summed E-state index contributed by atoms with van der Waals surface area (Å²) in [5.74, 6) is -9.77. The lowest BCUT2D eigenvalue weighted by Gasteiger charge is -2.52. The number of aliphatic hydroxyl groups is 25. The van der Waals surface area contributed by atoms with Crippen molar-refractivity contribution in [2.45, 2.75) is 323 Å². The molecule has 9 rings (SSSR count). The number of rotatable bonds is 33. The van der Waals surface area contributed by atoms with Crippen LogP contribution in [-0.4, -0.2) is 509 Å². The molecule has 698 valence electrons. The molecule has 0 aromatic carbocycles. The molecule has 0 aromatic heterocycles. The Morgan fingerprint density at radius 1 is 0.339 bits per heavy atom. The van der Waals surface area contributed by atoms with Gasteiger partial charge in [0.1, 0.15) is 213 Å². The first-order chi connectivity index (χ1) is 57.0. The number of carboxylic acids is 1. The van der Waals surface area contributed by atoms with E-state index in [9.17, 15) is 162 Å². The highest BCUT2D eigenvalue weighted by molar-refractivity contribution is 5.77. The molecular weight excluding hydrogens is 1660 g/mol. The van der Waals surface area contributed by atoms with Gasteiger partial charge in [-0.25, -0.2) is 4.79 Å². The lowest BCUT2D eigenvalue weighted by Crippen LogP contribution is -2.71. The zero-order valence-corrected chi connectivity index (χ0v) is 65.1. The first-order valence-electron chi connectivity index (χ1n) is 38.2. The summed E-state index contributed by atoms with van der Waals surface area (Å²) in [6.07, 6.45) is -88.1. The van der Waals surface area contributed by atoms with Crippen LogP contribution in [0.4, 0.5) is 0 Å². The van der Waals surface area contributed by atoms with Gasteiger partial charge in [0.2, 0.25) is 29.5 Å². The van der Waals surface area contributed by atoms with Crippen LogP contribution < -0.4 is 26.6 Å². The summed E-state index contributed by atoms with van der Waals surface area (Å²) in [6.45, 7) is -5.77. The van der Waals surface area contributed by atoms with Crippen molar-refractivity contribution in [1.29, 1.82) is 0 Å². The molecule has 9 saturated heterocycles. The molecule has 121 heavy (non-hydrogen) atoms. The van der Waals surface area contributed by atoms with Crippen molar-refractivity contribution in [3.05, 3.63) is 0 Å². The maximum absolute atomic E-state index is 13.4. The van der Waals surface area contributed by atoms with Crippen molar-refractivity contribution in [2.75, 3.05) is 59.5 Å². The Balaban J connectivity index is 1.06. The van der Waals surface area contributed by atoms with E-state index >= 15 is 0 Å². The van der Waals surface area contributed by atoms with Gasteiger partial charge in [-0.3, -0.25) is 24.0 Å². The fourth-order valence-electron chi connectivity index (χ4n) is 15.5. The maximum Gasteiger partial charge on any atom is 0.364 e. The van der Waals surface area contributed by atoms with Crippen molar-refractivity contribution in [3.8, 4) is 0 Å². The van der Waals surface area contributed by atoms with Gasteiger partial charge >= 0.3 is 5.97 Å². The van der Waals surface area contributed by atoms with E-state index in [1.807, 2.05) is 0 Å². The first-order valence-corrected chi connectivity index (χ1v) is 38.2. The van der Waals surface area contributed by atoms with E-state index in [4.69, 9.17) is 80.5 Å². The summed E-state index contributed by atoms with van der Waals surface area (Å²) < 4.78 is 101. The topological polar surface area (TPSA) is 845 Å². The predicted molar refractivity (Wildman–Crippen MR) is 372 cm³/mol. The van der Waals surface area contributed by atoms with Gasteiger partial charge in [0.05, 0.1) is 71.6 Å². The van der Waals surface area contributed by atoms with Crippen LogP contribution in [0.25, 0.3) is 0 Å². The first kappa shape index (κ1) is 99.9. The zero-order chi connectivity index (χ0) is 89.6. The molecule has 0 radical (unpaired) electrons. The SMILES string of the molecule is CC(=O)N[C@@H]1[C@@H](O)[C@H](O[C@@H]2O[C@H](CO)[C@@H](O[C@@H]3O[C@H](CO[C@H]4O[C@H](CO)[C@@H](O)[C@H](O)[C@@H]4O)[C@@H](O)[C@H](O[C@H]4O[C@H](CO)[C@@H](O[C@@H]5O[C@H](CO)[C@@H](O)[C@H](O)[C@H]5NC(C)=O)[C@H](O)[C@@H]4O[C@@H]4O[C@H](CO)[C@@H](O[C@@H]5O[C@H](CO[C@]6(C(=O)O)C[C@H](O)[C@@H](NC(C)=O)[C@H]([C@H](O)[C@H](O)CO)O6)[C@H](O)[C@H](O)[C@H]5O)[C@H](O)[C@H]4NC(C)=O)[C@@H]3O)[C@H](O)[C@H]2NC(C)=O)[C@@H](CO)O[C@H]1O. The predicted octanol–water partition coefficient (Wildman–Crippen LogP) is -20.7.